The Morgan fingerprint density at radius 3 is 2.56 bits per heavy atom. The molecule has 4 aromatic rings. The van der Waals surface area contributed by atoms with E-state index in [2.05, 4.69) is 15.3 Å². The highest BCUT2D eigenvalue weighted by molar-refractivity contribution is 7.89. The molecule has 0 spiro atoms. The highest BCUT2D eigenvalue weighted by atomic mass is 32.2. The van der Waals surface area contributed by atoms with Gasteiger partial charge in [0.2, 0.25) is 10.0 Å². The lowest BCUT2D eigenvalue weighted by Gasteiger charge is -2.17. The summed E-state index contributed by atoms with van der Waals surface area (Å²) in [5, 5.41) is 2.73. The van der Waals surface area contributed by atoms with Crippen LogP contribution in [-0.2, 0) is 17.1 Å². The van der Waals surface area contributed by atoms with Crippen LogP contribution in [0, 0.1) is 11.6 Å². The van der Waals surface area contributed by atoms with E-state index < -0.39 is 27.6 Å². The molecule has 0 aliphatic heterocycles. The zero-order chi connectivity index (χ0) is 24.6. The third kappa shape index (κ3) is 4.31. The molecule has 0 aliphatic rings. The van der Waals surface area contributed by atoms with Gasteiger partial charge in [-0.2, -0.15) is 4.31 Å². The van der Waals surface area contributed by atoms with E-state index in [-0.39, 0.29) is 22.0 Å². The van der Waals surface area contributed by atoms with Gasteiger partial charge in [0.05, 0.1) is 16.6 Å². The number of hydrogen-bond acceptors (Lipinski definition) is 4. The smallest absolute Gasteiger partial charge is 0.272 e. The van der Waals surface area contributed by atoms with Gasteiger partial charge >= 0.3 is 0 Å². The number of aryl methyl sites for hydroxylation is 1. The molecular formula is C23H23F2N5O3S. The SMILES string of the molecule is CCN(CC)S(=O)(=O)c1cc(C(=O)Nc2ccc3nc(-c4cc(F)ccc4F)[nH]c3c2)n(C)c1. The van der Waals surface area contributed by atoms with Crippen LogP contribution in [0.2, 0.25) is 0 Å². The summed E-state index contributed by atoms with van der Waals surface area (Å²) in [7, 11) is -2.12. The summed E-state index contributed by atoms with van der Waals surface area (Å²) in [6.45, 7) is 4.14. The Balaban J connectivity index is 1.60. The second kappa shape index (κ2) is 8.99. The van der Waals surface area contributed by atoms with Gasteiger partial charge in [0.15, 0.2) is 0 Å². The zero-order valence-corrected chi connectivity index (χ0v) is 19.6. The average Bonchev–Trinajstić information content (AvgIpc) is 3.39. The predicted octanol–water partition coefficient (Wildman–Crippen LogP) is 4.13. The van der Waals surface area contributed by atoms with Crippen molar-refractivity contribution in [3.63, 3.8) is 0 Å². The lowest BCUT2D eigenvalue weighted by atomic mass is 10.2. The molecule has 4 rings (SSSR count). The van der Waals surface area contributed by atoms with Crippen molar-refractivity contribution in [2.24, 2.45) is 7.05 Å². The van der Waals surface area contributed by atoms with Gasteiger partial charge in [0.1, 0.15) is 28.0 Å². The van der Waals surface area contributed by atoms with Gasteiger partial charge in [0.25, 0.3) is 5.91 Å². The van der Waals surface area contributed by atoms with Crippen molar-refractivity contribution >= 4 is 32.7 Å². The monoisotopic (exact) mass is 487 g/mol. The zero-order valence-electron chi connectivity index (χ0n) is 18.8. The van der Waals surface area contributed by atoms with E-state index in [1.54, 1.807) is 39.1 Å². The highest BCUT2D eigenvalue weighted by Gasteiger charge is 2.25. The first kappa shape index (κ1) is 23.6. The number of sulfonamides is 1. The van der Waals surface area contributed by atoms with Crippen LogP contribution in [-0.4, -0.2) is 46.3 Å². The van der Waals surface area contributed by atoms with Crippen LogP contribution in [0.15, 0.2) is 53.6 Å². The molecule has 2 N–H and O–H groups in total. The Labute approximate surface area is 195 Å². The number of fused-ring (bicyclic) bond motifs is 1. The van der Waals surface area contributed by atoms with Gasteiger partial charge in [-0.25, -0.2) is 22.2 Å². The maximum Gasteiger partial charge on any atom is 0.272 e. The first-order valence-electron chi connectivity index (χ1n) is 10.6. The number of carbonyl (C=O) groups is 1. The number of aromatic amines is 1. The molecule has 0 saturated heterocycles. The minimum atomic E-state index is -3.71. The van der Waals surface area contributed by atoms with Crippen LogP contribution in [0.4, 0.5) is 14.5 Å². The van der Waals surface area contributed by atoms with Crippen LogP contribution in [0.25, 0.3) is 22.4 Å². The standard InChI is InChI=1S/C23H23F2N5O3S/c1-4-30(5-2)34(32,33)16-12-21(29(3)13-16)23(31)26-15-7-9-19-20(11-15)28-22(27-19)17-10-14(24)6-8-18(17)25/h6-13H,4-5H2,1-3H3,(H,26,31)(H,27,28). The third-order valence-electron chi connectivity index (χ3n) is 5.48. The lowest BCUT2D eigenvalue weighted by molar-refractivity contribution is 0.101. The van der Waals surface area contributed by atoms with Crippen molar-refractivity contribution in [3.05, 3.63) is 66.0 Å². The number of H-pyrrole nitrogens is 1. The number of rotatable bonds is 7. The highest BCUT2D eigenvalue weighted by Crippen LogP contribution is 2.26. The summed E-state index contributed by atoms with van der Waals surface area (Å²) in [6.07, 6.45) is 1.40. The second-order valence-corrected chi connectivity index (χ2v) is 9.59. The number of nitrogens with zero attached hydrogens (tertiary/aromatic N) is 3. The molecule has 34 heavy (non-hydrogen) atoms. The number of nitrogens with one attached hydrogen (secondary N) is 2. The van der Waals surface area contributed by atoms with E-state index in [0.29, 0.717) is 29.8 Å². The molecule has 0 unspecified atom stereocenters. The number of carbonyl (C=O) groups excluding carboxylic acids is 1. The molecule has 0 saturated carbocycles. The Hall–Kier alpha value is -3.57. The number of amides is 1. The average molecular weight is 488 g/mol. The second-order valence-electron chi connectivity index (χ2n) is 7.66. The van der Waals surface area contributed by atoms with Crippen molar-refractivity contribution in [2.75, 3.05) is 18.4 Å². The molecule has 0 atom stereocenters. The van der Waals surface area contributed by atoms with E-state index in [1.807, 2.05) is 0 Å². The Kier molecular flexibility index (Phi) is 6.24. The van der Waals surface area contributed by atoms with Gasteiger partial charge < -0.3 is 14.9 Å². The van der Waals surface area contributed by atoms with Gasteiger partial charge in [-0.05, 0) is 42.5 Å². The quantitative estimate of drug-likeness (QED) is 0.409. The lowest BCUT2D eigenvalue weighted by Crippen LogP contribution is -2.30. The molecule has 178 valence electrons. The molecule has 8 nitrogen and oxygen atoms in total. The minimum Gasteiger partial charge on any atom is -0.345 e. The molecule has 2 heterocycles. The van der Waals surface area contributed by atoms with E-state index in [1.165, 1.54) is 21.1 Å². The van der Waals surface area contributed by atoms with E-state index >= 15 is 0 Å². The Bertz CT molecular complexity index is 1490. The number of aromatic nitrogens is 3. The number of halogens is 2. The van der Waals surface area contributed by atoms with Crippen LogP contribution in [0.3, 0.4) is 0 Å². The van der Waals surface area contributed by atoms with Crippen molar-refractivity contribution in [2.45, 2.75) is 18.7 Å². The fourth-order valence-corrected chi connectivity index (χ4v) is 5.23. The normalized spacial score (nSPS) is 11.9. The van der Waals surface area contributed by atoms with Crippen molar-refractivity contribution in [1.82, 2.24) is 18.8 Å². The summed E-state index contributed by atoms with van der Waals surface area (Å²) in [6, 6.07) is 9.29. The molecule has 0 fully saturated rings. The molecule has 0 aliphatic carbocycles. The summed E-state index contributed by atoms with van der Waals surface area (Å²) >= 11 is 0. The molecular weight excluding hydrogens is 464 g/mol. The molecule has 1 amide bonds. The molecule has 0 radical (unpaired) electrons. The summed E-state index contributed by atoms with van der Waals surface area (Å²) in [5.74, 6) is -1.55. The predicted molar refractivity (Wildman–Crippen MR) is 125 cm³/mol. The van der Waals surface area contributed by atoms with Crippen LogP contribution in [0.5, 0.6) is 0 Å². The minimum absolute atomic E-state index is 0.00691. The maximum absolute atomic E-state index is 14.1. The van der Waals surface area contributed by atoms with Gasteiger partial charge in [-0.15, -0.1) is 0 Å². The molecule has 0 bridgehead atoms. The summed E-state index contributed by atoms with van der Waals surface area (Å²) in [5.41, 5.74) is 1.59. The number of benzene rings is 2. The largest absolute Gasteiger partial charge is 0.345 e. The summed E-state index contributed by atoms with van der Waals surface area (Å²) < 4.78 is 56.0. The Morgan fingerprint density at radius 1 is 1.12 bits per heavy atom. The fourth-order valence-electron chi connectivity index (χ4n) is 3.70. The fraction of sp³-hybridized carbons (Fsp3) is 0.217. The van der Waals surface area contributed by atoms with E-state index in [4.69, 9.17) is 0 Å². The number of imidazole rings is 1. The Morgan fingerprint density at radius 2 is 1.85 bits per heavy atom. The molecule has 2 aromatic carbocycles. The van der Waals surface area contributed by atoms with E-state index in [9.17, 15) is 22.0 Å². The van der Waals surface area contributed by atoms with E-state index in [0.717, 1.165) is 18.2 Å². The van der Waals surface area contributed by atoms with Gasteiger partial charge in [-0.1, -0.05) is 13.8 Å². The topological polar surface area (TPSA) is 100 Å². The maximum atomic E-state index is 14.1. The van der Waals surface area contributed by atoms with Gasteiger partial charge in [-0.3, -0.25) is 4.79 Å². The van der Waals surface area contributed by atoms with Crippen LogP contribution in [0.1, 0.15) is 24.3 Å². The van der Waals surface area contributed by atoms with Crippen LogP contribution < -0.4 is 5.32 Å². The van der Waals surface area contributed by atoms with Crippen molar-refractivity contribution in [1.29, 1.82) is 0 Å². The summed E-state index contributed by atoms with van der Waals surface area (Å²) in [4.78, 5) is 20.1. The van der Waals surface area contributed by atoms with Crippen molar-refractivity contribution in [3.8, 4) is 11.4 Å². The molecule has 2 aromatic heterocycles. The number of anilines is 1. The van der Waals surface area contributed by atoms with Crippen molar-refractivity contribution < 1.29 is 22.0 Å². The third-order valence-corrected chi connectivity index (χ3v) is 7.49. The number of hydrogen-bond donors (Lipinski definition) is 2. The first-order chi connectivity index (χ1) is 16.1. The first-order valence-corrected chi connectivity index (χ1v) is 12.0. The molecule has 11 heteroatoms. The van der Waals surface area contributed by atoms with Gasteiger partial charge in [0, 0.05) is 32.0 Å². The van der Waals surface area contributed by atoms with Crippen LogP contribution >= 0.6 is 0 Å².